The average molecular weight is 344 g/mol. The molecule has 0 aromatic heterocycles. The number of rotatable bonds is 6. The summed E-state index contributed by atoms with van der Waals surface area (Å²) < 4.78 is 55.0. The molecule has 1 heterocycles. The number of hydrogen-bond acceptors (Lipinski definition) is 4. The van der Waals surface area contributed by atoms with Crippen molar-refractivity contribution in [1.82, 2.24) is 0 Å². The fraction of sp³-hybridized carbons (Fsp3) is 0.471. The number of esters is 1. The number of carbonyl (C=O) groups excluding carboxylic acids is 1. The van der Waals surface area contributed by atoms with Gasteiger partial charge in [-0.2, -0.15) is 13.2 Å². The number of methoxy groups -OCH3 is 1. The highest BCUT2D eigenvalue weighted by atomic mass is 19.4. The first-order chi connectivity index (χ1) is 11.3. The highest BCUT2D eigenvalue weighted by Crippen LogP contribution is 2.40. The minimum atomic E-state index is -4.47. The maximum absolute atomic E-state index is 13.0. The summed E-state index contributed by atoms with van der Waals surface area (Å²) in [4.78, 5) is 11.9. The smallest absolute Gasteiger partial charge is 0.416 e. The second-order valence-electron chi connectivity index (χ2n) is 5.48. The minimum absolute atomic E-state index is 0.0486. The average Bonchev–Trinajstić information content (AvgIpc) is 3.03. The molecule has 1 aliphatic rings. The van der Waals surface area contributed by atoms with Crippen LogP contribution in [0.5, 0.6) is 0 Å². The molecule has 1 aliphatic heterocycles. The third-order valence-corrected chi connectivity index (χ3v) is 3.88. The third-order valence-electron chi connectivity index (χ3n) is 3.88. The van der Waals surface area contributed by atoms with Crippen LogP contribution in [0.15, 0.2) is 36.9 Å². The topological polar surface area (TPSA) is 44.8 Å². The van der Waals surface area contributed by atoms with Crippen molar-refractivity contribution < 1.29 is 32.2 Å². The van der Waals surface area contributed by atoms with Gasteiger partial charge in [0.1, 0.15) is 0 Å². The molecule has 0 spiro atoms. The van der Waals surface area contributed by atoms with Gasteiger partial charge in [0.05, 0.1) is 31.8 Å². The Morgan fingerprint density at radius 2 is 2.08 bits per heavy atom. The summed E-state index contributed by atoms with van der Waals surface area (Å²) in [5.41, 5.74) is -0.565. The Morgan fingerprint density at radius 1 is 1.42 bits per heavy atom. The summed E-state index contributed by atoms with van der Waals surface area (Å²) in [6, 6.07) is 4.77. The highest BCUT2D eigenvalue weighted by molar-refractivity contribution is 5.72. The number of allylic oxidation sites excluding steroid dienone is 1. The molecular weight excluding hydrogens is 325 g/mol. The van der Waals surface area contributed by atoms with Crippen LogP contribution in [-0.2, 0) is 31.0 Å². The largest absolute Gasteiger partial charge is 0.469 e. The molecule has 1 aromatic carbocycles. The van der Waals surface area contributed by atoms with Gasteiger partial charge in [-0.15, -0.1) is 6.58 Å². The number of carbonyl (C=O) groups is 1. The van der Waals surface area contributed by atoms with E-state index in [0.29, 0.717) is 6.42 Å². The van der Waals surface area contributed by atoms with Gasteiger partial charge in [0, 0.05) is 12.0 Å². The molecule has 0 amide bonds. The van der Waals surface area contributed by atoms with Crippen LogP contribution >= 0.6 is 0 Å². The number of benzene rings is 1. The summed E-state index contributed by atoms with van der Waals surface area (Å²) in [6.07, 6.45) is -2.57. The molecule has 0 bridgehead atoms. The summed E-state index contributed by atoms with van der Waals surface area (Å²) >= 11 is 0. The number of alkyl halides is 3. The monoisotopic (exact) mass is 344 g/mol. The zero-order chi connectivity index (χ0) is 17.8. The number of hydrogen-bond donors (Lipinski definition) is 0. The van der Waals surface area contributed by atoms with Crippen LogP contribution < -0.4 is 0 Å². The Kier molecular flexibility index (Phi) is 5.66. The zero-order valence-electron chi connectivity index (χ0n) is 13.3. The fourth-order valence-corrected chi connectivity index (χ4v) is 2.74. The number of halogens is 3. The molecule has 0 aliphatic carbocycles. The first-order valence-electron chi connectivity index (χ1n) is 7.47. The first-order valence-corrected chi connectivity index (χ1v) is 7.47. The van der Waals surface area contributed by atoms with Crippen molar-refractivity contribution in [3.8, 4) is 0 Å². The molecule has 1 fully saturated rings. The van der Waals surface area contributed by atoms with E-state index >= 15 is 0 Å². The Labute approximate surface area is 138 Å². The van der Waals surface area contributed by atoms with Gasteiger partial charge in [0.15, 0.2) is 5.79 Å². The van der Waals surface area contributed by atoms with E-state index < -0.39 is 29.4 Å². The molecule has 1 unspecified atom stereocenters. The van der Waals surface area contributed by atoms with Gasteiger partial charge in [-0.3, -0.25) is 4.79 Å². The Hall–Kier alpha value is -1.86. The van der Waals surface area contributed by atoms with Crippen LogP contribution in [0.1, 0.15) is 24.0 Å². The molecule has 2 rings (SSSR count). The Morgan fingerprint density at radius 3 is 2.62 bits per heavy atom. The van der Waals surface area contributed by atoms with Crippen molar-refractivity contribution in [2.24, 2.45) is 5.92 Å². The van der Waals surface area contributed by atoms with E-state index in [4.69, 9.17) is 14.2 Å². The quantitative estimate of drug-likeness (QED) is 0.584. The van der Waals surface area contributed by atoms with Crippen LogP contribution in [0.4, 0.5) is 13.2 Å². The van der Waals surface area contributed by atoms with Crippen molar-refractivity contribution in [1.29, 1.82) is 0 Å². The molecule has 24 heavy (non-hydrogen) atoms. The van der Waals surface area contributed by atoms with Crippen molar-refractivity contribution in [3.63, 3.8) is 0 Å². The van der Waals surface area contributed by atoms with Gasteiger partial charge in [0.2, 0.25) is 0 Å². The molecule has 1 atom stereocenters. The summed E-state index contributed by atoms with van der Waals surface area (Å²) in [5, 5.41) is 0. The summed E-state index contributed by atoms with van der Waals surface area (Å²) in [7, 11) is 1.26. The molecule has 0 radical (unpaired) electrons. The maximum Gasteiger partial charge on any atom is 0.416 e. The minimum Gasteiger partial charge on any atom is -0.469 e. The summed E-state index contributed by atoms with van der Waals surface area (Å²) in [6.45, 7) is 4.06. The SMILES string of the molecule is C=CCC(CC1(c2cccc(C(F)(F)F)c2)OCCO1)C(=O)OC. The molecule has 1 saturated heterocycles. The summed E-state index contributed by atoms with van der Waals surface area (Å²) in [5.74, 6) is -2.51. The van der Waals surface area contributed by atoms with Crippen molar-refractivity contribution in [2.75, 3.05) is 20.3 Å². The van der Waals surface area contributed by atoms with Crippen molar-refractivity contribution >= 4 is 5.97 Å². The lowest BCUT2D eigenvalue weighted by Crippen LogP contribution is -2.33. The van der Waals surface area contributed by atoms with Gasteiger partial charge in [-0.1, -0.05) is 18.2 Å². The molecular formula is C17H19F3O4. The Bertz CT molecular complexity index is 592. The van der Waals surface area contributed by atoms with Gasteiger partial charge < -0.3 is 14.2 Å². The standard InChI is InChI=1S/C17H19F3O4/c1-3-5-12(15(21)22-2)11-16(23-8-9-24-16)13-6-4-7-14(10-13)17(18,19)20/h3-4,6-7,10,12H,1,5,8-9,11H2,2H3. The molecule has 0 N–H and O–H groups in total. The highest BCUT2D eigenvalue weighted by Gasteiger charge is 2.43. The fourth-order valence-electron chi connectivity index (χ4n) is 2.74. The van der Waals surface area contributed by atoms with E-state index in [1.165, 1.54) is 19.2 Å². The van der Waals surface area contributed by atoms with E-state index in [-0.39, 0.29) is 25.2 Å². The van der Waals surface area contributed by atoms with Gasteiger partial charge in [-0.05, 0) is 18.6 Å². The predicted molar refractivity (Wildman–Crippen MR) is 80.0 cm³/mol. The van der Waals surface area contributed by atoms with E-state index in [2.05, 4.69) is 6.58 Å². The molecule has 132 valence electrons. The van der Waals surface area contributed by atoms with Gasteiger partial charge in [-0.25, -0.2) is 0 Å². The van der Waals surface area contributed by atoms with Crippen LogP contribution in [0.2, 0.25) is 0 Å². The molecule has 1 aromatic rings. The van der Waals surface area contributed by atoms with E-state index in [1.807, 2.05) is 0 Å². The molecule has 0 saturated carbocycles. The predicted octanol–water partition coefficient (Wildman–Crippen LogP) is 3.66. The van der Waals surface area contributed by atoms with Crippen molar-refractivity contribution in [3.05, 3.63) is 48.0 Å². The third kappa shape index (κ3) is 3.96. The van der Waals surface area contributed by atoms with Crippen LogP contribution in [0.3, 0.4) is 0 Å². The van der Waals surface area contributed by atoms with E-state index in [0.717, 1.165) is 12.1 Å². The van der Waals surface area contributed by atoms with Crippen molar-refractivity contribution in [2.45, 2.75) is 24.8 Å². The lowest BCUT2D eigenvalue weighted by molar-refractivity contribution is -0.186. The molecule has 4 nitrogen and oxygen atoms in total. The van der Waals surface area contributed by atoms with Crippen LogP contribution in [-0.4, -0.2) is 26.3 Å². The van der Waals surface area contributed by atoms with E-state index in [9.17, 15) is 18.0 Å². The van der Waals surface area contributed by atoms with E-state index in [1.54, 1.807) is 6.08 Å². The normalized spacial score (nSPS) is 18.2. The lowest BCUT2D eigenvalue weighted by atomic mass is 9.90. The lowest BCUT2D eigenvalue weighted by Gasteiger charge is -2.31. The van der Waals surface area contributed by atoms with Gasteiger partial charge >= 0.3 is 12.1 Å². The second kappa shape index (κ2) is 7.36. The van der Waals surface area contributed by atoms with Gasteiger partial charge in [0.25, 0.3) is 0 Å². The molecule has 7 heteroatoms. The van der Waals surface area contributed by atoms with Crippen LogP contribution in [0, 0.1) is 5.92 Å². The zero-order valence-corrected chi connectivity index (χ0v) is 13.3. The van der Waals surface area contributed by atoms with Crippen LogP contribution in [0.25, 0.3) is 0 Å². The maximum atomic E-state index is 13.0. The number of ether oxygens (including phenoxy) is 3. The Balaban J connectivity index is 2.37. The first kappa shape index (κ1) is 18.5. The second-order valence-corrected chi connectivity index (χ2v) is 5.48.